The van der Waals surface area contributed by atoms with Crippen LogP contribution in [0.1, 0.15) is 12.8 Å². The standard InChI is InChI=1S/C9H11NO3/c1-3-8(11)10-6-4-5-7(10)9(12)13-2/h1,7H,4-6H2,2H3. The van der Waals surface area contributed by atoms with Crippen molar-refractivity contribution >= 4 is 11.9 Å². The van der Waals surface area contributed by atoms with Gasteiger partial charge in [0, 0.05) is 6.54 Å². The molecule has 1 atom stereocenters. The topological polar surface area (TPSA) is 46.6 Å². The molecule has 1 saturated heterocycles. The average Bonchev–Trinajstić information content (AvgIpc) is 2.63. The molecule has 1 aliphatic rings. The summed E-state index contributed by atoms with van der Waals surface area (Å²) in [5.41, 5.74) is 0. The van der Waals surface area contributed by atoms with Crippen molar-refractivity contribution in [3.8, 4) is 12.3 Å². The second-order valence-electron chi connectivity index (χ2n) is 2.82. The molecule has 0 aromatic heterocycles. The Morgan fingerprint density at radius 3 is 2.85 bits per heavy atom. The zero-order valence-corrected chi connectivity index (χ0v) is 7.45. The van der Waals surface area contributed by atoms with Gasteiger partial charge >= 0.3 is 5.97 Å². The van der Waals surface area contributed by atoms with Crippen LogP contribution >= 0.6 is 0 Å². The van der Waals surface area contributed by atoms with E-state index >= 15 is 0 Å². The molecule has 0 aliphatic carbocycles. The molecule has 4 heteroatoms. The highest BCUT2D eigenvalue weighted by molar-refractivity contribution is 5.96. The first-order valence-electron chi connectivity index (χ1n) is 4.05. The zero-order valence-electron chi connectivity index (χ0n) is 7.45. The Morgan fingerprint density at radius 2 is 2.31 bits per heavy atom. The molecule has 1 aliphatic heterocycles. The van der Waals surface area contributed by atoms with E-state index in [4.69, 9.17) is 6.42 Å². The molecule has 0 aromatic rings. The number of hydrogen-bond donors (Lipinski definition) is 0. The fourth-order valence-corrected chi connectivity index (χ4v) is 1.47. The highest BCUT2D eigenvalue weighted by Gasteiger charge is 2.33. The van der Waals surface area contributed by atoms with Gasteiger partial charge in [0.1, 0.15) is 6.04 Å². The highest BCUT2D eigenvalue weighted by Crippen LogP contribution is 2.17. The summed E-state index contributed by atoms with van der Waals surface area (Å²) in [6.45, 7) is 0.544. The van der Waals surface area contributed by atoms with Crippen LogP contribution in [0.25, 0.3) is 0 Å². The van der Waals surface area contributed by atoms with E-state index in [1.807, 2.05) is 5.92 Å². The van der Waals surface area contributed by atoms with Crippen molar-refractivity contribution in [2.24, 2.45) is 0 Å². The molecule has 0 spiro atoms. The van der Waals surface area contributed by atoms with Crippen LogP contribution in [0.3, 0.4) is 0 Å². The van der Waals surface area contributed by atoms with E-state index in [-0.39, 0.29) is 5.97 Å². The minimum atomic E-state index is -0.478. The van der Waals surface area contributed by atoms with Crippen molar-refractivity contribution in [3.05, 3.63) is 0 Å². The van der Waals surface area contributed by atoms with Gasteiger partial charge in [0.2, 0.25) is 0 Å². The molecule has 0 bridgehead atoms. The Morgan fingerprint density at radius 1 is 1.62 bits per heavy atom. The number of amides is 1. The maximum atomic E-state index is 11.2. The third kappa shape index (κ3) is 1.81. The summed E-state index contributed by atoms with van der Waals surface area (Å²) in [5, 5.41) is 0. The minimum Gasteiger partial charge on any atom is -0.467 e. The van der Waals surface area contributed by atoms with Crippen molar-refractivity contribution in [1.82, 2.24) is 4.90 Å². The van der Waals surface area contributed by atoms with Gasteiger partial charge in [-0.2, -0.15) is 0 Å². The predicted molar refractivity (Wildman–Crippen MR) is 45.6 cm³/mol. The van der Waals surface area contributed by atoms with E-state index < -0.39 is 11.9 Å². The van der Waals surface area contributed by atoms with Gasteiger partial charge in [-0.05, 0) is 18.8 Å². The first-order chi connectivity index (χ1) is 6.20. The molecule has 0 aromatic carbocycles. The monoisotopic (exact) mass is 181 g/mol. The molecule has 0 saturated carbocycles. The number of likely N-dealkylation sites (tertiary alicyclic amines) is 1. The molecule has 1 rings (SSSR count). The quantitative estimate of drug-likeness (QED) is 0.415. The molecule has 13 heavy (non-hydrogen) atoms. The Labute approximate surface area is 76.8 Å². The number of carbonyl (C=O) groups is 2. The molecule has 70 valence electrons. The van der Waals surface area contributed by atoms with Crippen LogP contribution in [0.5, 0.6) is 0 Å². The van der Waals surface area contributed by atoms with Crippen LogP contribution < -0.4 is 0 Å². The number of hydrogen-bond acceptors (Lipinski definition) is 3. The minimum absolute atomic E-state index is 0.388. The number of carbonyl (C=O) groups excluding carboxylic acids is 2. The van der Waals surface area contributed by atoms with Gasteiger partial charge in [-0.15, -0.1) is 6.42 Å². The number of terminal acetylenes is 1. The van der Waals surface area contributed by atoms with Crippen LogP contribution in [0.15, 0.2) is 0 Å². The van der Waals surface area contributed by atoms with Crippen molar-refractivity contribution < 1.29 is 14.3 Å². The highest BCUT2D eigenvalue weighted by atomic mass is 16.5. The van der Waals surface area contributed by atoms with Crippen molar-refractivity contribution in [1.29, 1.82) is 0 Å². The van der Waals surface area contributed by atoms with Gasteiger partial charge in [0.05, 0.1) is 7.11 Å². The Kier molecular flexibility index (Phi) is 2.91. The summed E-state index contributed by atoms with van der Waals surface area (Å²) < 4.78 is 4.56. The summed E-state index contributed by atoms with van der Waals surface area (Å²) >= 11 is 0. The van der Waals surface area contributed by atoms with Crippen LogP contribution in [0.4, 0.5) is 0 Å². The van der Waals surface area contributed by atoms with Crippen LogP contribution in [0, 0.1) is 12.3 Å². The lowest BCUT2D eigenvalue weighted by Gasteiger charge is -2.19. The molecule has 1 unspecified atom stereocenters. The third-order valence-electron chi connectivity index (χ3n) is 2.11. The number of rotatable bonds is 1. The Balaban J connectivity index is 2.70. The van der Waals surface area contributed by atoms with Gasteiger partial charge < -0.3 is 9.64 Å². The Hall–Kier alpha value is -1.50. The fraction of sp³-hybridized carbons (Fsp3) is 0.556. The summed E-state index contributed by atoms with van der Waals surface area (Å²) in [6.07, 6.45) is 6.40. The van der Waals surface area contributed by atoms with E-state index in [9.17, 15) is 9.59 Å². The average molecular weight is 181 g/mol. The van der Waals surface area contributed by atoms with Crippen molar-refractivity contribution in [3.63, 3.8) is 0 Å². The van der Waals surface area contributed by atoms with E-state index in [0.29, 0.717) is 13.0 Å². The molecular formula is C9H11NO3. The zero-order chi connectivity index (χ0) is 9.84. The molecule has 0 radical (unpaired) electrons. The SMILES string of the molecule is C#CC(=O)N1CCCC1C(=O)OC. The number of nitrogens with zero attached hydrogens (tertiary/aromatic N) is 1. The number of esters is 1. The summed E-state index contributed by atoms with van der Waals surface area (Å²) in [7, 11) is 1.30. The molecule has 1 amide bonds. The Bertz CT molecular complexity index is 267. The second kappa shape index (κ2) is 3.94. The van der Waals surface area contributed by atoms with E-state index in [2.05, 4.69) is 4.74 Å². The second-order valence-corrected chi connectivity index (χ2v) is 2.82. The largest absolute Gasteiger partial charge is 0.467 e. The van der Waals surface area contributed by atoms with E-state index in [1.54, 1.807) is 0 Å². The number of methoxy groups -OCH3 is 1. The van der Waals surface area contributed by atoms with Gasteiger partial charge in [-0.25, -0.2) is 4.79 Å². The van der Waals surface area contributed by atoms with Crippen LogP contribution in [-0.2, 0) is 14.3 Å². The molecule has 0 N–H and O–H groups in total. The third-order valence-corrected chi connectivity index (χ3v) is 2.11. The first-order valence-corrected chi connectivity index (χ1v) is 4.05. The maximum Gasteiger partial charge on any atom is 0.328 e. The summed E-state index contributed by atoms with van der Waals surface area (Å²) in [4.78, 5) is 23.7. The normalized spacial score (nSPS) is 20.9. The lowest BCUT2D eigenvalue weighted by atomic mass is 10.2. The predicted octanol–water partition coefficient (Wildman–Crippen LogP) is -0.216. The molecule has 1 heterocycles. The van der Waals surface area contributed by atoms with Gasteiger partial charge in [0.25, 0.3) is 5.91 Å². The lowest BCUT2D eigenvalue weighted by molar-refractivity contribution is -0.149. The summed E-state index contributed by atoms with van der Waals surface area (Å²) in [6, 6.07) is -0.478. The molecular weight excluding hydrogens is 170 g/mol. The molecule has 4 nitrogen and oxygen atoms in total. The smallest absolute Gasteiger partial charge is 0.328 e. The van der Waals surface area contributed by atoms with E-state index in [0.717, 1.165) is 6.42 Å². The van der Waals surface area contributed by atoms with Crippen LogP contribution in [-0.4, -0.2) is 36.5 Å². The maximum absolute atomic E-state index is 11.2. The van der Waals surface area contributed by atoms with Gasteiger partial charge in [-0.1, -0.05) is 0 Å². The van der Waals surface area contributed by atoms with Crippen molar-refractivity contribution in [2.45, 2.75) is 18.9 Å². The number of ether oxygens (including phenoxy) is 1. The van der Waals surface area contributed by atoms with Gasteiger partial charge in [0.15, 0.2) is 0 Å². The fourth-order valence-electron chi connectivity index (χ4n) is 1.47. The lowest BCUT2D eigenvalue weighted by Crippen LogP contribution is -2.40. The molecule has 1 fully saturated rings. The van der Waals surface area contributed by atoms with Crippen LogP contribution in [0.2, 0.25) is 0 Å². The first kappa shape index (κ1) is 9.59. The van der Waals surface area contributed by atoms with Gasteiger partial charge in [-0.3, -0.25) is 4.79 Å². The van der Waals surface area contributed by atoms with Crippen molar-refractivity contribution in [2.75, 3.05) is 13.7 Å². The van der Waals surface area contributed by atoms with E-state index in [1.165, 1.54) is 12.0 Å². The summed E-state index contributed by atoms with van der Waals surface area (Å²) in [5.74, 6) is 1.17.